The molecule has 4 rings (SSSR count). The second-order valence-electron chi connectivity index (χ2n) is 6.93. The van der Waals surface area contributed by atoms with Crippen LogP contribution in [0, 0.1) is 0 Å². The Kier molecular flexibility index (Phi) is 4.68. The molecule has 3 heterocycles. The third kappa shape index (κ3) is 3.53. The molecule has 1 fully saturated rings. The maximum Gasteiger partial charge on any atom is 0.223 e. The van der Waals surface area contributed by atoms with Crippen LogP contribution in [-0.2, 0) is 17.6 Å². The highest BCUT2D eigenvalue weighted by Gasteiger charge is 2.27. The number of aryl methyl sites for hydroxylation is 1. The number of fused-ring (bicyclic) bond motifs is 1. The number of hydrogen-bond acceptors (Lipinski definition) is 3. The summed E-state index contributed by atoms with van der Waals surface area (Å²) in [5.41, 5.74) is 3.66. The fourth-order valence-electron chi connectivity index (χ4n) is 3.94. The van der Waals surface area contributed by atoms with Gasteiger partial charge in [0.05, 0.1) is 12.6 Å². The second-order valence-corrected chi connectivity index (χ2v) is 6.93. The first kappa shape index (κ1) is 16.1. The van der Waals surface area contributed by atoms with Crippen LogP contribution in [0.15, 0.2) is 42.7 Å². The molecule has 4 heteroatoms. The lowest BCUT2D eigenvalue weighted by Gasteiger charge is -2.36. The van der Waals surface area contributed by atoms with Gasteiger partial charge in [0.2, 0.25) is 5.91 Å². The van der Waals surface area contributed by atoms with Gasteiger partial charge in [0.15, 0.2) is 0 Å². The Labute approximate surface area is 148 Å². The van der Waals surface area contributed by atoms with Crippen molar-refractivity contribution in [2.45, 2.75) is 44.6 Å². The molecule has 4 nitrogen and oxygen atoms in total. The lowest BCUT2D eigenvalue weighted by Crippen LogP contribution is -2.38. The van der Waals surface area contributed by atoms with E-state index in [0.29, 0.717) is 6.42 Å². The van der Waals surface area contributed by atoms with Crippen molar-refractivity contribution in [3.05, 3.63) is 59.4 Å². The maximum atomic E-state index is 12.9. The molecule has 1 amide bonds. The van der Waals surface area contributed by atoms with Crippen LogP contribution in [0.3, 0.4) is 0 Å². The van der Waals surface area contributed by atoms with Crippen LogP contribution in [0.1, 0.15) is 48.4 Å². The topological polar surface area (TPSA) is 42.4 Å². The van der Waals surface area contributed by atoms with Gasteiger partial charge >= 0.3 is 0 Å². The summed E-state index contributed by atoms with van der Waals surface area (Å²) in [7, 11) is 0. The van der Waals surface area contributed by atoms with Gasteiger partial charge in [0.1, 0.15) is 5.75 Å². The standard InChI is InChI=1S/C21H24N2O2/c24-21(9-7-16-6-8-20-17(14-16)10-13-25-20)23-12-2-1-5-19(23)18-4-3-11-22-15-18/h3-4,6,8,11,14-15,19H,1-2,5,7,9-10,12-13H2/t19-/m0/s1. The summed E-state index contributed by atoms with van der Waals surface area (Å²) in [6.45, 7) is 1.63. The Morgan fingerprint density at radius 3 is 3.12 bits per heavy atom. The van der Waals surface area contributed by atoms with E-state index in [-0.39, 0.29) is 11.9 Å². The van der Waals surface area contributed by atoms with Crippen LogP contribution >= 0.6 is 0 Å². The maximum absolute atomic E-state index is 12.9. The molecule has 2 aliphatic rings. The fourth-order valence-corrected chi connectivity index (χ4v) is 3.94. The molecule has 2 aromatic rings. The molecule has 0 spiro atoms. The predicted octanol–water partition coefficient (Wildman–Crippen LogP) is 3.70. The summed E-state index contributed by atoms with van der Waals surface area (Å²) in [6, 6.07) is 10.6. The summed E-state index contributed by atoms with van der Waals surface area (Å²) in [5.74, 6) is 1.26. The molecular formula is C21H24N2O2. The largest absolute Gasteiger partial charge is 0.493 e. The number of piperidine rings is 1. The van der Waals surface area contributed by atoms with E-state index in [0.717, 1.165) is 50.1 Å². The van der Waals surface area contributed by atoms with Crippen LogP contribution in [0.2, 0.25) is 0 Å². The number of rotatable bonds is 4. The van der Waals surface area contributed by atoms with Gasteiger partial charge in [0.25, 0.3) is 0 Å². The van der Waals surface area contributed by atoms with E-state index < -0.39 is 0 Å². The lowest BCUT2D eigenvalue weighted by atomic mass is 9.95. The highest BCUT2D eigenvalue weighted by Crippen LogP contribution is 2.31. The molecule has 25 heavy (non-hydrogen) atoms. The van der Waals surface area contributed by atoms with Gasteiger partial charge in [-0.3, -0.25) is 9.78 Å². The number of carbonyl (C=O) groups is 1. The Morgan fingerprint density at radius 1 is 1.28 bits per heavy atom. The lowest BCUT2D eigenvalue weighted by molar-refractivity contribution is -0.135. The fraction of sp³-hybridized carbons (Fsp3) is 0.429. The van der Waals surface area contributed by atoms with Crippen LogP contribution in [0.5, 0.6) is 5.75 Å². The molecular weight excluding hydrogens is 312 g/mol. The van der Waals surface area contributed by atoms with Crippen molar-refractivity contribution in [3.8, 4) is 5.75 Å². The number of benzene rings is 1. The smallest absolute Gasteiger partial charge is 0.223 e. The van der Waals surface area contributed by atoms with Crippen molar-refractivity contribution in [2.24, 2.45) is 0 Å². The van der Waals surface area contributed by atoms with Crippen molar-refractivity contribution in [1.82, 2.24) is 9.88 Å². The Morgan fingerprint density at radius 2 is 2.24 bits per heavy atom. The first-order valence-electron chi connectivity index (χ1n) is 9.25. The Balaban J connectivity index is 1.42. The molecule has 1 aromatic heterocycles. The van der Waals surface area contributed by atoms with E-state index in [1.54, 1.807) is 6.20 Å². The van der Waals surface area contributed by atoms with Crippen molar-refractivity contribution < 1.29 is 9.53 Å². The molecule has 0 unspecified atom stereocenters. The van der Waals surface area contributed by atoms with Crippen molar-refractivity contribution >= 4 is 5.91 Å². The van der Waals surface area contributed by atoms with Crippen LogP contribution in [0.4, 0.5) is 0 Å². The zero-order valence-electron chi connectivity index (χ0n) is 14.5. The molecule has 1 saturated heterocycles. The van der Waals surface area contributed by atoms with Gasteiger partial charge in [-0.2, -0.15) is 0 Å². The molecule has 0 aliphatic carbocycles. The van der Waals surface area contributed by atoms with Crippen molar-refractivity contribution in [3.63, 3.8) is 0 Å². The Bertz CT molecular complexity index is 745. The highest BCUT2D eigenvalue weighted by atomic mass is 16.5. The molecule has 1 aromatic carbocycles. The average molecular weight is 336 g/mol. The third-order valence-corrected chi connectivity index (χ3v) is 5.27. The summed E-state index contributed by atoms with van der Waals surface area (Å²) in [5, 5.41) is 0. The Hall–Kier alpha value is -2.36. The molecule has 0 radical (unpaired) electrons. The summed E-state index contributed by atoms with van der Waals surface area (Å²) >= 11 is 0. The molecule has 130 valence electrons. The third-order valence-electron chi connectivity index (χ3n) is 5.27. The number of hydrogen-bond donors (Lipinski definition) is 0. The van der Waals surface area contributed by atoms with Gasteiger partial charge in [-0.1, -0.05) is 18.2 Å². The zero-order valence-corrected chi connectivity index (χ0v) is 14.5. The van der Waals surface area contributed by atoms with Crippen LogP contribution in [0.25, 0.3) is 0 Å². The number of nitrogens with zero attached hydrogens (tertiary/aromatic N) is 2. The number of likely N-dealkylation sites (tertiary alicyclic amines) is 1. The minimum Gasteiger partial charge on any atom is -0.493 e. The van der Waals surface area contributed by atoms with Crippen molar-refractivity contribution in [1.29, 1.82) is 0 Å². The van der Waals surface area contributed by atoms with E-state index in [9.17, 15) is 4.79 Å². The summed E-state index contributed by atoms with van der Waals surface area (Å²) < 4.78 is 5.56. The molecule has 0 N–H and O–H groups in total. The predicted molar refractivity (Wildman–Crippen MR) is 96.5 cm³/mol. The number of pyridine rings is 1. The minimum atomic E-state index is 0.184. The summed E-state index contributed by atoms with van der Waals surface area (Å²) in [6.07, 6.45) is 9.33. The first-order valence-corrected chi connectivity index (χ1v) is 9.25. The van der Waals surface area contributed by atoms with Crippen LogP contribution < -0.4 is 4.74 Å². The van der Waals surface area contributed by atoms with E-state index in [4.69, 9.17) is 4.74 Å². The van der Waals surface area contributed by atoms with Crippen molar-refractivity contribution in [2.75, 3.05) is 13.2 Å². The SMILES string of the molecule is O=C(CCc1ccc2c(c1)CCO2)N1CCCC[C@H]1c1cccnc1. The summed E-state index contributed by atoms with van der Waals surface area (Å²) in [4.78, 5) is 19.2. The molecule has 1 atom stereocenters. The van der Waals surface area contributed by atoms with Gasteiger partial charge < -0.3 is 9.64 Å². The number of carbonyl (C=O) groups excluding carboxylic acids is 1. The number of aromatic nitrogens is 1. The quantitative estimate of drug-likeness (QED) is 0.855. The normalized spacial score (nSPS) is 19.4. The van der Waals surface area contributed by atoms with Gasteiger partial charge in [0, 0.05) is 31.8 Å². The monoisotopic (exact) mass is 336 g/mol. The molecule has 2 aliphatic heterocycles. The highest BCUT2D eigenvalue weighted by molar-refractivity contribution is 5.77. The first-order chi connectivity index (χ1) is 12.3. The second kappa shape index (κ2) is 7.26. The van der Waals surface area contributed by atoms with E-state index in [1.165, 1.54) is 17.5 Å². The zero-order chi connectivity index (χ0) is 17.1. The van der Waals surface area contributed by atoms with E-state index in [1.807, 2.05) is 18.3 Å². The van der Waals surface area contributed by atoms with Gasteiger partial charge in [-0.05, 0) is 54.5 Å². The van der Waals surface area contributed by atoms with E-state index in [2.05, 4.69) is 28.1 Å². The molecule has 0 saturated carbocycles. The minimum absolute atomic E-state index is 0.184. The number of ether oxygens (including phenoxy) is 1. The average Bonchev–Trinajstić information content (AvgIpc) is 3.14. The number of amides is 1. The van der Waals surface area contributed by atoms with Gasteiger partial charge in [-0.15, -0.1) is 0 Å². The van der Waals surface area contributed by atoms with E-state index >= 15 is 0 Å². The van der Waals surface area contributed by atoms with Gasteiger partial charge in [-0.25, -0.2) is 0 Å². The molecule has 0 bridgehead atoms. The van der Waals surface area contributed by atoms with Crippen LogP contribution in [-0.4, -0.2) is 28.9 Å².